The summed E-state index contributed by atoms with van der Waals surface area (Å²) in [5.74, 6) is 0.702. The number of hydrogen-bond donors (Lipinski definition) is 2. The zero-order chi connectivity index (χ0) is 21.4. The molecule has 4 aromatic rings. The second-order valence-corrected chi connectivity index (χ2v) is 7.87. The van der Waals surface area contributed by atoms with Gasteiger partial charge in [-0.25, -0.2) is 15.0 Å². The van der Waals surface area contributed by atoms with Crippen molar-refractivity contribution in [2.24, 2.45) is 0 Å². The van der Waals surface area contributed by atoms with Gasteiger partial charge in [-0.3, -0.25) is 15.1 Å². The first-order valence-electron chi connectivity index (χ1n) is 9.67. The third kappa shape index (κ3) is 3.91. The van der Waals surface area contributed by atoms with Crippen LogP contribution in [0.25, 0.3) is 10.9 Å². The molecule has 0 saturated carbocycles. The van der Waals surface area contributed by atoms with Crippen LogP contribution in [0, 0.1) is 27.7 Å². The molecule has 0 unspecified atom stereocenters. The number of aromatic amines is 1. The molecular weight excluding hydrogens is 398 g/mol. The molecule has 0 bridgehead atoms. The Morgan fingerprint density at radius 2 is 1.70 bits per heavy atom. The van der Waals surface area contributed by atoms with Crippen LogP contribution in [0.4, 0.5) is 11.9 Å². The van der Waals surface area contributed by atoms with E-state index in [1.165, 1.54) is 5.56 Å². The number of rotatable bonds is 4. The van der Waals surface area contributed by atoms with E-state index in [1.54, 1.807) is 0 Å². The number of hydrogen-bond acceptors (Lipinski definition) is 5. The molecule has 2 aromatic heterocycles. The average Bonchev–Trinajstić information content (AvgIpc) is 2.68. The van der Waals surface area contributed by atoms with Gasteiger partial charge in [0.25, 0.3) is 5.56 Å². The van der Waals surface area contributed by atoms with E-state index in [-0.39, 0.29) is 5.56 Å². The van der Waals surface area contributed by atoms with Crippen LogP contribution in [-0.4, -0.2) is 19.9 Å². The maximum atomic E-state index is 12.7. The monoisotopic (exact) mass is 419 g/mol. The van der Waals surface area contributed by atoms with E-state index in [1.807, 2.05) is 44.2 Å². The number of halogens is 1. The molecule has 152 valence electrons. The van der Waals surface area contributed by atoms with Gasteiger partial charge in [0, 0.05) is 22.4 Å². The molecule has 0 aliphatic rings. The molecule has 0 saturated heterocycles. The lowest BCUT2D eigenvalue weighted by atomic mass is 10.1. The number of H-pyrrole nitrogens is 1. The predicted molar refractivity (Wildman–Crippen MR) is 121 cm³/mol. The average molecular weight is 420 g/mol. The summed E-state index contributed by atoms with van der Waals surface area (Å²) < 4.78 is 0. The number of benzene rings is 2. The zero-order valence-corrected chi connectivity index (χ0v) is 18.1. The minimum Gasteiger partial charge on any atom is -0.294 e. The first kappa shape index (κ1) is 20.0. The normalized spacial score (nSPS) is 11.1. The van der Waals surface area contributed by atoms with E-state index in [0.29, 0.717) is 34.6 Å². The number of aromatic nitrogens is 4. The Hall–Kier alpha value is -3.25. The topological polar surface area (TPSA) is 83.6 Å². The third-order valence-electron chi connectivity index (χ3n) is 5.28. The summed E-state index contributed by atoms with van der Waals surface area (Å²) in [6, 6.07) is 11.6. The lowest BCUT2D eigenvalue weighted by Gasteiger charge is -2.11. The number of nitrogens with one attached hydrogen (secondary N) is 2. The minimum absolute atomic E-state index is 0.214. The van der Waals surface area contributed by atoms with Gasteiger partial charge in [-0.1, -0.05) is 29.8 Å². The number of nitrogens with zero attached hydrogens (tertiary/aromatic N) is 3. The van der Waals surface area contributed by atoms with Gasteiger partial charge < -0.3 is 0 Å². The molecule has 2 N–H and O–H groups in total. The molecule has 30 heavy (non-hydrogen) atoms. The maximum absolute atomic E-state index is 12.7. The number of fused-ring (bicyclic) bond motifs is 1. The van der Waals surface area contributed by atoms with E-state index in [9.17, 15) is 4.79 Å². The van der Waals surface area contributed by atoms with Crippen LogP contribution in [0.15, 0.2) is 41.2 Å². The fourth-order valence-corrected chi connectivity index (χ4v) is 3.62. The standard InChI is InChI=1S/C23H22ClN5O/c1-12-9-17-14(3)25-22(27-20(17)10-13(12)2)29-23-26-15(4)18(21(30)28-23)11-16-7-5-6-8-19(16)24/h5-10H,11H2,1-4H3,(H2,25,26,27,28,29,30). The van der Waals surface area contributed by atoms with Crippen LogP contribution in [0.5, 0.6) is 0 Å². The molecule has 0 aliphatic carbocycles. The van der Waals surface area contributed by atoms with Gasteiger partial charge in [0.2, 0.25) is 11.9 Å². The van der Waals surface area contributed by atoms with Gasteiger partial charge in [-0.2, -0.15) is 0 Å². The summed E-state index contributed by atoms with van der Waals surface area (Å²) in [6.07, 6.45) is 0.415. The maximum Gasteiger partial charge on any atom is 0.256 e. The molecule has 0 spiro atoms. The Balaban J connectivity index is 1.67. The SMILES string of the molecule is Cc1cc2nc(Nc3nc(C)c(Cc4ccccc4Cl)c(=O)[nH]3)nc(C)c2cc1C. The van der Waals surface area contributed by atoms with Crippen molar-refractivity contribution in [1.82, 2.24) is 19.9 Å². The molecule has 6 nitrogen and oxygen atoms in total. The van der Waals surface area contributed by atoms with Crippen molar-refractivity contribution in [3.63, 3.8) is 0 Å². The lowest BCUT2D eigenvalue weighted by molar-refractivity contribution is 0.978. The molecule has 0 radical (unpaired) electrons. The van der Waals surface area contributed by atoms with Crippen LogP contribution < -0.4 is 10.9 Å². The Morgan fingerprint density at radius 1 is 0.967 bits per heavy atom. The van der Waals surface area contributed by atoms with Gasteiger partial charge >= 0.3 is 0 Å². The van der Waals surface area contributed by atoms with Crippen molar-refractivity contribution in [3.05, 3.63) is 85.4 Å². The first-order valence-corrected chi connectivity index (χ1v) is 10.1. The van der Waals surface area contributed by atoms with E-state index in [4.69, 9.17) is 11.6 Å². The molecule has 0 amide bonds. The summed E-state index contributed by atoms with van der Waals surface area (Å²) in [4.78, 5) is 29.1. The third-order valence-corrected chi connectivity index (χ3v) is 5.65. The second kappa shape index (κ2) is 7.88. The largest absolute Gasteiger partial charge is 0.294 e. The van der Waals surface area contributed by atoms with Crippen LogP contribution >= 0.6 is 11.6 Å². The summed E-state index contributed by atoms with van der Waals surface area (Å²) in [5.41, 5.74) is 5.95. The molecule has 2 heterocycles. The highest BCUT2D eigenvalue weighted by Gasteiger charge is 2.13. The number of anilines is 2. The Morgan fingerprint density at radius 3 is 2.43 bits per heavy atom. The Kier molecular flexibility index (Phi) is 5.26. The minimum atomic E-state index is -0.214. The van der Waals surface area contributed by atoms with Crippen molar-refractivity contribution >= 4 is 34.4 Å². The van der Waals surface area contributed by atoms with Crippen LogP contribution in [0.2, 0.25) is 5.02 Å². The van der Waals surface area contributed by atoms with Crippen LogP contribution in [0.3, 0.4) is 0 Å². The predicted octanol–water partition coefficient (Wildman–Crippen LogP) is 4.93. The molecule has 0 aliphatic heterocycles. The van der Waals surface area contributed by atoms with Crippen LogP contribution in [-0.2, 0) is 6.42 Å². The molecule has 4 rings (SSSR count). The van der Waals surface area contributed by atoms with E-state index in [0.717, 1.165) is 27.7 Å². The zero-order valence-electron chi connectivity index (χ0n) is 17.3. The fraction of sp³-hybridized carbons (Fsp3) is 0.217. The van der Waals surface area contributed by atoms with Crippen molar-refractivity contribution in [2.75, 3.05) is 5.32 Å². The Bertz CT molecular complexity index is 1330. The summed E-state index contributed by atoms with van der Waals surface area (Å²) in [7, 11) is 0. The van der Waals surface area contributed by atoms with Crippen LogP contribution in [0.1, 0.15) is 33.6 Å². The van der Waals surface area contributed by atoms with Gasteiger partial charge in [-0.15, -0.1) is 0 Å². The highest BCUT2D eigenvalue weighted by atomic mass is 35.5. The van der Waals surface area contributed by atoms with Gasteiger partial charge in [0.1, 0.15) is 0 Å². The molecule has 0 fully saturated rings. The highest BCUT2D eigenvalue weighted by molar-refractivity contribution is 6.31. The first-order chi connectivity index (χ1) is 14.3. The van der Waals surface area contributed by atoms with Crippen molar-refractivity contribution < 1.29 is 0 Å². The smallest absolute Gasteiger partial charge is 0.256 e. The molecule has 0 atom stereocenters. The van der Waals surface area contributed by atoms with Crippen molar-refractivity contribution in [1.29, 1.82) is 0 Å². The van der Waals surface area contributed by atoms with Crippen molar-refractivity contribution in [2.45, 2.75) is 34.1 Å². The molecule has 2 aromatic carbocycles. The van der Waals surface area contributed by atoms with E-state index in [2.05, 4.69) is 45.2 Å². The van der Waals surface area contributed by atoms with Gasteiger partial charge in [0.15, 0.2) is 0 Å². The van der Waals surface area contributed by atoms with Crippen molar-refractivity contribution in [3.8, 4) is 0 Å². The second-order valence-electron chi connectivity index (χ2n) is 7.46. The summed E-state index contributed by atoms with van der Waals surface area (Å²) >= 11 is 6.24. The van der Waals surface area contributed by atoms with Gasteiger partial charge in [0.05, 0.1) is 16.9 Å². The quantitative estimate of drug-likeness (QED) is 0.489. The highest BCUT2D eigenvalue weighted by Crippen LogP contribution is 2.23. The molecular formula is C23H22ClN5O. The summed E-state index contributed by atoms with van der Waals surface area (Å²) in [6.45, 7) is 7.88. The lowest BCUT2D eigenvalue weighted by Crippen LogP contribution is -2.19. The summed E-state index contributed by atoms with van der Waals surface area (Å²) in [5, 5.41) is 4.68. The Labute approximate surface area is 179 Å². The van der Waals surface area contributed by atoms with Gasteiger partial charge in [-0.05, 0) is 62.6 Å². The van der Waals surface area contributed by atoms with E-state index < -0.39 is 0 Å². The fourth-order valence-electron chi connectivity index (χ4n) is 3.41. The van der Waals surface area contributed by atoms with E-state index >= 15 is 0 Å². The molecule has 7 heteroatoms. The number of aryl methyl sites for hydroxylation is 4.